The van der Waals surface area contributed by atoms with Gasteiger partial charge in [-0.3, -0.25) is 13.9 Å². The highest BCUT2D eigenvalue weighted by atomic mass is 35.5. The molecule has 0 aliphatic carbocycles. The summed E-state index contributed by atoms with van der Waals surface area (Å²) in [6.45, 7) is 7.02. The van der Waals surface area contributed by atoms with Crippen molar-refractivity contribution in [3.63, 3.8) is 0 Å². The minimum absolute atomic E-state index is 0.0161. The Morgan fingerprint density at radius 1 is 1.00 bits per heavy atom. The fraction of sp³-hybridized carbons (Fsp3) is 0.333. The van der Waals surface area contributed by atoms with Gasteiger partial charge in [-0.15, -0.1) is 0 Å². The number of amides is 2. The van der Waals surface area contributed by atoms with Crippen LogP contribution in [0.4, 0.5) is 5.69 Å². The van der Waals surface area contributed by atoms with E-state index in [2.05, 4.69) is 5.32 Å². The van der Waals surface area contributed by atoms with Crippen molar-refractivity contribution in [3.8, 4) is 5.75 Å². The number of benzene rings is 3. The lowest BCUT2D eigenvalue weighted by molar-refractivity contribution is -0.139. The normalized spacial score (nSPS) is 12.8. The predicted octanol–water partition coefficient (Wildman–Crippen LogP) is 5.18. The highest BCUT2D eigenvalue weighted by Crippen LogP contribution is 2.32. The molecule has 10 heteroatoms. The molecule has 0 saturated heterocycles. The van der Waals surface area contributed by atoms with Crippen molar-refractivity contribution in [2.45, 2.75) is 57.6 Å². The van der Waals surface area contributed by atoms with Crippen molar-refractivity contribution in [3.05, 3.63) is 88.9 Å². The number of methoxy groups -OCH3 is 1. The molecule has 2 amide bonds. The molecule has 0 spiro atoms. The number of halogens is 1. The van der Waals surface area contributed by atoms with Crippen molar-refractivity contribution in [2.24, 2.45) is 0 Å². The number of carbonyl (C=O) groups excluding carboxylic acids is 2. The van der Waals surface area contributed by atoms with E-state index in [0.717, 1.165) is 21.9 Å². The van der Waals surface area contributed by atoms with Gasteiger partial charge in [0, 0.05) is 12.6 Å². The summed E-state index contributed by atoms with van der Waals surface area (Å²) >= 11 is 6.35. The maximum atomic E-state index is 14.0. The van der Waals surface area contributed by atoms with E-state index in [4.69, 9.17) is 16.3 Å². The standard InChI is InChI=1S/C30H36ClN3O5S/c1-6-22(3)32-30(36)23(4)33(19-24-14-12-21(2)13-15-24)29(35)20-34(25-16-17-28(39-5)27(31)18-25)40(37,38)26-10-8-7-9-11-26/h7-18,22-23H,6,19-20H2,1-5H3,(H,32,36)/t22-,23-/m1/s1. The highest BCUT2D eigenvalue weighted by Gasteiger charge is 2.33. The minimum Gasteiger partial charge on any atom is -0.495 e. The van der Waals surface area contributed by atoms with Crippen molar-refractivity contribution in [1.29, 1.82) is 0 Å². The molecule has 0 aromatic heterocycles. The monoisotopic (exact) mass is 585 g/mol. The Morgan fingerprint density at radius 2 is 1.65 bits per heavy atom. The molecule has 0 aliphatic rings. The first kappa shape index (κ1) is 31.0. The lowest BCUT2D eigenvalue weighted by atomic mass is 10.1. The summed E-state index contributed by atoms with van der Waals surface area (Å²) < 4.78 is 33.9. The van der Waals surface area contributed by atoms with Crippen molar-refractivity contribution in [1.82, 2.24) is 10.2 Å². The van der Waals surface area contributed by atoms with Crippen LogP contribution in [0.25, 0.3) is 0 Å². The predicted molar refractivity (Wildman–Crippen MR) is 158 cm³/mol. The summed E-state index contributed by atoms with van der Waals surface area (Å²) in [4.78, 5) is 28.5. The molecule has 40 heavy (non-hydrogen) atoms. The lowest BCUT2D eigenvalue weighted by Gasteiger charge is -2.32. The number of ether oxygens (including phenoxy) is 1. The smallest absolute Gasteiger partial charge is 0.264 e. The van der Waals surface area contributed by atoms with Crippen LogP contribution in [-0.4, -0.2) is 50.9 Å². The second-order valence-electron chi connectivity index (χ2n) is 9.64. The number of nitrogens with zero attached hydrogens (tertiary/aromatic N) is 2. The molecule has 1 N–H and O–H groups in total. The fourth-order valence-corrected chi connectivity index (χ4v) is 5.68. The van der Waals surface area contributed by atoms with Gasteiger partial charge in [-0.1, -0.05) is 66.6 Å². The molecule has 3 aromatic carbocycles. The second-order valence-corrected chi connectivity index (χ2v) is 11.9. The molecule has 0 unspecified atom stereocenters. The van der Waals surface area contributed by atoms with Crippen LogP contribution in [0.2, 0.25) is 5.02 Å². The van der Waals surface area contributed by atoms with Crippen molar-refractivity contribution < 1.29 is 22.7 Å². The van der Waals surface area contributed by atoms with Gasteiger partial charge in [0.2, 0.25) is 11.8 Å². The number of anilines is 1. The fourth-order valence-electron chi connectivity index (χ4n) is 4.00. The van der Waals surface area contributed by atoms with Gasteiger partial charge in [-0.25, -0.2) is 8.42 Å². The highest BCUT2D eigenvalue weighted by molar-refractivity contribution is 7.92. The number of aryl methyl sites for hydroxylation is 1. The average Bonchev–Trinajstić information content (AvgIpc) is 2.95. The van der Waals surface area contributed by atoms with E-state index in [0.29, 0.717) is 5.75 Å². The first-order valence-corrected chi connectivity index (χ1v) is 14.9. The zero-order chi connectivity index (χ0) is 29.4. The molecular formula is C30H36ClN3O5S. The molecule has 214 valence electrons. The van der Waals surface area contributed by atoms with E-state index >= 15 is 0 Å². The van der Waals surface area contributed by atoms with Crippen LogP contribution >= 0.6 is 11.6 Å². The van der Waals surface area contributed by atoms with Gasteiger partial charge >= 0.3 is 0 Å². The summed E-state index contributed by atoms with van der Waals surface area (Å²) in [5.41, 5.74) is 2.06. The van der Waals surface area contributed by atoms with Gasteiger partial charge in [0.1, 0.15) is 18.3 Å². The van der Waals surface area contributed by atoms with Gasteiger partial charge in [0.05, 0.1) is 22.7 Å². The van der Waals surface area contributed by atoms with E-state index in [1.165, 1.54) is 36.3 Å². The zero-order valence-electron chi connectivity index (χ0n) is 23.4. The molecular weight excluding hydrogens is 550 g/mol. The Morgan fingerprint density at radius 3 is 2.23 bits per heavy atom. The number of rotatable bonds is 12. The van der Waals surface area contributed by atoms with Crippen LogP contribution in [0.15, 0.2) is 77.7 Å². The maximum absolute atomic E-state index is 14.0. The maximum Gasteiger partial charge on any atom is 0.264 e. The Hall–Kier alpha value is -3.56. The molecule has 3 aromatic rings. The van der Waals surface area contributed by atoms with Crippen molar-refractivity contribution in [2.75, 3.05) is 18.0 Å². The molecule has 0 aliphatic heterocycles. The third-order valence-corrected chi connectivity index (χ3v) is 8.76. The van der Waals surface area contributed by atoms with Crippen LogP contribution in [0.1, 0.15) is 38.3 Å². The Labute approximate surface area is 241 Å². The zero-order valence-corrected chi connectivity index (χ0v) is 25.0. The van der Waals surface area contributed by atoms with Crippen LogP contribution < -0.4 is 14.4 Å². The van der Waals surface area contributed by atoms with Gasteiger partial charge in [0.15, 0.2) is 0 Å². The first-order valence-electron chi connectivity index (χ1n) is 13.0. The van der Waals surface area contributed by atoms with Crippen molar-refractivity contribution >= 4 is 39.1 Å². The number of sulfonamides is 1. The average molecular weight is 586 g/mol. The molecule has 2 atom stereocenters. The minimum atomic E-state index is -4.18. The molecule has 0 fully saturated rings. The SMILES string of the molecule is CC[C@@H](C)NC(=O)[C@@H](C)N(Cc1ccc(C)cc1)C(=O)CN(c1ccc(OC)c(Cl)c1)S(=O)(=O)c1ccccc1. The third kappa shape index (κ3) is 7.55. The number of carbonyl (C=O) groups is 2. The molecule has 0 radical (unpaired) electrons. The molecule has 0 heterocycles. The number of nitrogens with one attached hydrogen (secondary N) is 1. The van der Waals surface area contributed by atoms with Crippen LogP contribution in [0.3, 0.4) is 0 Å². The largest absolute Gasteiger partial charge is 0.495 e. The van der Waals surface area contributed by atoms with Gasteiger partial charge < -0.3 is 15.0 Å². The van der Waals surface area contributed by atoms with Crippen LogP contribution in [0.5, 0.6) is 5.75 Å². The number of hydrogen-bond donors (Lipinski definition) is 1. The molecule has 8 nitrogen and oxygen atoms in total. The summed E-state index contributed by atoms with van der Waals surface area (Å²) in [7, 11) is -2.72. The molecule has 0 saturated carbocycles. The van der Waals surface area contributed by atoms with Crippen LogP contribution in [0, 0.1) is 6.92 Å². The van der Waals surface area contributed by atoms with E-state index in [9.17, 15) is 18.0 Å². The van der Waals surface area contributed by atoms with E-state index in [-0.39, 0.29) is 34.1 Å². The summed E-state index contributed by atoms with van der Waals surface area (Å²) in [5.74, 6) is -0.497. The number of hydrogen-bond acceptors (Lipinski definition) is 5. The topological polar surface area (TPSA) is 96.0 Å². The molecule has 0 bridgehead atoms. The first-order chi connectivity index (χ1) is 19.0. The Balaban J connectivity index is 2.04. The second kappa shape index (κ2) is 13.7. The van der Waals surface area contributed by atoms with Crippen LogP contribution in [-0.2, 0) is 26.2 Å². The van der Waals surface area contributed by atoms with Gasteiger partial charge in [-0.2, -0.15) is 0 Å². The van der Waals surface area contributed by atoms with E-state index < -0.39 is 28.5 Å². The summed E-state index contributed by atoms with van der Waals surface area (Å²) in [5, 5.41) is 3.12. The van der Waals surface area contributed by atoms with E-state index in [1.807, 2.05) is 45.0 Å². The van der Waals surface area contributed by atoms with E-state index in [1.54, 1.807) is 31.2 Å². The molecule has 3 rings (SSSR count). The Bertz CT molecular complexity index is 1420. The van der Waals surface area contributed by atoms with Gasteiger partial charge in [0.25, 0.3) is 10.0 Å². The lowest BCUT2D eigenvalue weighted by Crippen LogP contribution is -2.52. The quantitative estimate of drug-likeness (QED) is 0.316. The summed E-state index contributed by atoms with van der Waals surface area (Å²) in [6.07, 6.45) is 0.728. The Kier molecular flexibility index (Phi) is 10.6. The van der Waals surface area contributed by atoms with Gasteiger partial charge in [-0.05, 0) is 63.1 Å². The summed E-state index contributed by atoms with van der Waals surface area (Å²) in [6, 6.07) is 19.0. The third-order valence-electron chi connectivity index (χ3n) is 6.68.